The third-order valence-electron chi connectivity index (χ3n) is 3.03. The molecule has 16 heavy (non-hydrogen) atoms. The van der Waals surface area contributed by atoms with E-state index in [9.17, 15) is 0 Å². The first-order valence-corrected chi connectivity index (χ1v) is 7.80. The molecule has 1 nitrogen and oxygen atoms in total. The maximum absolute atomic E-state index is 6.02. The van der Waals surface area contributed by atoms with E-state index in [1.807, 2.05) is 6.07 Å². The third-order valence-corrected chi connectivity index (χ3v) is 5.23. The Bertz CT molecular complexity index is 342. The standard InChI is InChI=1S/C13H16BrIO/c14-11-6-2-1-5-10(11)9-16-13-8-4-3-7-12(13)15/h1-2,5-6,12-13H,3-4,7-9H2. The summed E-state index contributed by atoms with van der Waals surface area (Å²) >= 11 is 6.09. The van der Waals surface area contributed by atoms with Gasteiger partial charge in [0, 0.05) is 8.40 Å². The fourth-order valence-corrected chi connectivity index (χ4v) is 3.46. The van der Waals surface area contributed by atoms with Crippen molar-refractivity contribution in [1.82, 2.24) is 0 Å². The van der Waals surface area contributed by atoms with Gasteiger partial charge in [0.25, 0.3) is 0 Å². The van der Waals surface area contributed by atoms with Crippen molar-refractivity contribution in [2.45, 2.75) is 42.3 Å². The second kappa shape index (κ2) is 6.36. The summed E-state index contributed by atoms with van der Waals surface area (Å²) in [5.74, 6) is 0. The van der Waals surface area contributed by atoms with Gasteiger partial charge in [-0.2, -0.15) is 0 Å². The van der Waals surface area contributed by atoms with Crippen LogP contribution in [0.5, 0.6) is 0 Å². The molecule has 1 aromatic rings. The Morgan fingerprint density at radius 3 is 2.75 bits per heavy atom. The number of rotatable bonds is 3. The third kappa shape index (κ3) is 3.44. The van der Waals surface area contributed by atoms with Crippen LogP contribution in [0.3, 0.4) is 0 Å². The molecule has 2 rings (SSSR count). The Morgan fingerprint density at radius 1 is 1.25 bits per heavy atom. The maximum Gasteiger partial charge on any atom is 0.0732 e. The van der Waals surface area contributed by atoms with Crippen LogP contribution in [0.1, 0.15) is 31.2 Å². The molecule has 0 N–H and O–H groups in total. The zero-order valence-corrected chi connectivity index (χ0v) is 12.9. The Balaban J connectivity index is 1.89. The van der Waals surface area contributed by atoms with E-state index in [1.54, 1.807) is 0 Å². The van der Waals surface area contributed by atoms with Crippen LogP contribution in [0.4, 0.5) is 0 Å². The van der Waals surface area contributed by atoms with E-state index in [4.69, 9.17) is 4.74 Å². The van der Waals surface area contributed by atoms with Gasteiger partial charge in [0.05, 0.1) is 12.7 Å². The molecule has 0 spiro atoms. The van der Waals surface area contributed by atoms with Gasteiger partial charge in [0.15, 0.2) is 0 Å². The van der Waals surface area contributed by atoms with Crippen molar-refractivity contribution in [3.63, 3.8) is 0 Å². The predicted molar refractivity (Wildman–Crippen MR) is 79.0 cm³/mol. The first kappa shape index (κ1) is 12.8. The summed E-state index contributed by atoms with van der Waals surface area (Å²) in [5.41, 5.74) is 1.25. The molecule has 2 unspecified atom stereocenters. The molecule has 0 heterocycles. The highest BCUT2D eigenvalue weighted by Crippen LogP contribution is 2.28. The van der Waals surface area contributed by atoms with Crippen molar-refractivity contribution < 1.29 is 4.74 Å². The lowest BCUT2D eigenvalue weighted by atomic mass is 9.98. The van der Waals surface area contributed by atoms with Crippen LogP contribution in [0.2, 0.25) is 0 Å². The first-order valence-electron chi connectivity index (χ1n) is 5.76. The van der Waals surface area contributed by atoms with Crippen LogP contribution in [-0.4, -0.2) is 10.0 Å². The molecule has 1 aromatic carbocycles. The van der Waals surface area contributed by atoms with Crippen LogP contribution in [0, 0.1) is 0 Å². The molecule has 2 atom stereocenters. The molecule has 1 saturated carbocycles. The summed E-state index contributed by atoms with van der Waals surface area (Å²) in [6.07, 6.45) is 5.66. The van der Waals surface area contributed by atoms with Gasteiger partial charge in [-0.1, -0.05) is 69.6 Å². The number of halogens is 2. The largest absolute Gasteiger partial charge is 0.372 e. The topological polar surface area (TPSA) is 9.23 Å². The van der Waals surface area contributed by atoms with Gasteiger partial charge in [-0.25, -0.2) is 0 Å². The Hall–Kier alpha value is 0.390. The van der Waals surface area contributed by atoms with E-state index >= 15 is 0 Å². The molecular weight excluding hydrogens is 379 g/mol. The molecule has 0 amide bonds. The SMILES string of the molecule is Brc1ccccc1COC1CCCCC1I. The monoisotopic (exact) mass is 394 g/mol. The van der Waals surface area contributed by atoms with Gasteiger partial charge in [0.1, 0.15) is 0 Å². The van der Waals surface area contributed by atoms with E-state index in [2.05, 4.69) is 56.7 Å². The normalized spacial score (nSPS) is 25.6. The second-order valence-corrected chi connectivity index (χ2v) is 6.70. The maximum atomic E-state index is 6.02. The number of benzene rings is 1. The quantitative estimate of drug-likeness (QED) is 0.532. The van der Waals surface area contributed by atoms with E-state index in [0.29, 0.717) is 10.0 Å². The summed E-state index contributed by atoms with van der Waals surface area (Å²) in [7, 11) is 0. The highest BCUT2D eigenvalue weighted by Gasteiger charge is 2.23. The van der Waals surface area contributed by atoms with E-state index in [0.717, 1.165) is 11.1 Å². The molecule has 1 aliphatic carbocycles. The van der Waals surface area contributed by atoms with Crippen LogP contribution in [0.25, 0.3) is 0 Å². The lowest BCUT2D eigenvalue weighted by Gasteiger charge is -2.27. The highest BCUT2D eigenvalue weighted by molar-refractivity contribution is 14.1. The number of hydrogen-bond donors (Lipinski definition) is 0. The van der Waals surface area contributed by atoms with Crippen LogP contribution in [-0.2, 0) is 11.3 Å². The summed E-state index contributed by atoms with van der Waals surface area (Å²) in [4.78, 5) is 0. The van der Waals surface area contributed by atoms with E-state index in [1.165, 1.54) is 31.2 Å². The highest BCUT2D eigenvalue weighted by atomic mass is 127. The van der Waals surface area contributed by atoms with E-state index < -0.39 is 0 Å². The average Bonchev–Trinajstić information content (AvgIpc) is 2.30. The average molecular weight is 395 g/mol. The minimum Gasteiger partial charge on any atom is -0.372 e. The molecular formula is C13H16BrIO. The molecule has 1 aliphatic rings. The van der Waals surface area contributed by atoms with Crippen molar-refractivity contribution in [2.24, 2.45) is 0 Å². The molecule has 0 bridgehead atoms. The van der Waals surface area contributed by atoms with E-state index in [-0.39, 0.29) is 0 Å². The number of hydrogen-bond acceptors (Lipinski definition) is 1. The Morgan fingerprint density at radius 2 is 2.00 bits per heavy atom. The van der Waals surface area contributed by atoms with Crippen molar-refractivity contribution in [1.29, 1.82) is 0 Å². The van der Waals surface area contributed by atoms with Crippen molar-refractivity contribution in [2.75, 3.05) is 0 Å². The summed E-state index contributed by atoms with van der Waals surface area (Å²) in [6.45, 7) is 0.728. The summed E-state index contributed by atoms with van der Waals surface area (Å²) in [6, 6.07) is 8.29. The second-order valence-electron chi connectivity index (χ2n) is 4.24. The minimum atomic E-state index is 0.446. The molecule has 0 radical (unpaired) electrons. The molecule has 1 fully saturated rings. The predicted octanol–water partition coefficient (Wildman–Crippen LogP) is 4.71. The molecule has 0 aliphatic heterocycles. The van der Waals surface area contributed by atoms with Gasteiger partial charge in [-0.15, -0.1) is 0 Å². The minimum absolute atomic E-state index is 0.446. The van der Waals surface area contributed by atoms with Crippen LogP contribution in [0.15, 0.2) is 28.7 Å². The van der Waals surface area contributed by atoms with Crippen molar-refractivity contribution >= 4 is 38.5 Å². The van der Waals surface area contributed by atoms with Gasteiger partial charge in [-0.05, 0) is 24.5 Å². The van der Waals surface area contributed by atoms with Gasteiger partial charge in [0.2, 0.25) is 0 Å². The first-order chi connectivity index (χ1) is 7.77. The van der Waals surface area contributed by atoms with Crippen LogP contribution >= 0.6 is 38.5 Å². The zero-order chi connectivity index (χ0) is 11.4. The Kier molecular flexibility index (Phi) is 5.10. The molecule has 88 valence electrons. The summed E-state index contributed by atoms with van der Waals surface area (Å²) < 4.78 is 7.86. The summed E-state index contributed by atoms with van der Waals surface area (Å²) in [5, 5.41) is 0. The number of alkyl halides is 1. The van der Waals surface area contributed by atoms with Crippen molar-refractivity contribution in [3.8, 4) is 0 Å². The van der Waals surface area contributed by atoms with Crippen LogP contribution < -0.4 is 0 Å². The van der Waals surface area contributed by atoms with Gasteiger partial charge in [-0.3, -0.25) is 0 Å². The fourth-order valence-electron chi connectivity index (χ4n) is 2.05. The molecule has 0 aromatic heterocycles. The van der Waals surface area contributed by atoms with Gasteiger partial charge < -0.3 is 4.74 Å². The number of ether oxygens (including phenoxy) is 1. The van der Waals surface area contributed by atoms with Crippen molar-refractivity contribution in [3.05, 3.63) is 34.3 Å². The molecule has 3 heteroatoms. The van der Waals surface area contributed by atoms with Gasteiger partial charge >= 0.3 is 0 Å². The lowest BCUT2D eigenvalue weighted by molar-refractivity contribution is 0.0243. The lowest BCUT2D eigenvalue weighted by Crippen LogP contribution is -2.27. The Labute approximate surface area is 119 Å². The molecule has 0 saturated heterocycles. The fraction of sp³-hybridized carbons (Fsp3) is 0.538. The zero-order valence-electron chi connectivity index (χ0n) is 9.16. The smallest absolute Gasteiger partial charge is 0.0732 e.